The SMILES string of the molecule is CC(=O)OC(C)C=CC(=O)NC1CC(C)C(CC=C(C)C=CC2CC3(CO3)CC(CC(=O)NNC(=O)C(C)NC(=O)C(NC(=O)CCCCCNC(=O)CBr)C(C)C)O2)OC1C. The van der Waals surface area contributed by atoms with Gasteiger partial charge in [0, 0.05) is 38.8 Å². The molecule has 3 rings (SSSR count). The van der Waals surface area contributed by atoms with Gasteiger partial charge in [-0.1, -0.05) is 66.9 Å². The first-order chi connectivity index (χ1) is 29.3. The second-order valence-electron chi connectivity index (χ2n) is 17.2. The molecule has 3 saturated heterocycles. The molecular formula is C44H69BrN6O11. The number of esters is 1. The van der Waals surface area contributed by atoms with Crippen molar-refractivity contribution in [3.05, 3.63) is 36.0 Å². The van der Waals surface area contributed by atoms with E-state index in [0.717, 1.165) is 24.8 Å². The minimum Gasteiger partial charge on any atom is -0.459 e. The lowest BCUT2D eigenvalue weighted by atomic mass is 9.88. The molecule has 3 fully saturated rings. The summed E-state index contributed by atoms with van der Waals surface area (Å²) in [5.41, 5.74) is 5.48. The van der Waals surface area contributed by atoms with Gasteiger partial charge in [0.2, 0.25) is 29.5 Å². The molecule has 62 heavy (non-hydrogen) atoms. The van der Waals surface area contributed by atoms with Crippen molar-refractivity contribution in [1.82, 2.24) is 32.1 Å². The maximum Gasteiger partial charge on any atom is 0.303 e. The second-order valence-corrected chi connectivity index (χ2v) is 17.7. The second kappa shape index (κ2) is 25.8. The van der Waals surface area contributed by atoms with Crippen LogP contribution >= 0.6 is 15.9 Å². The first-order valence-corrected chi connectivity index (χ1v) is 22.9. The quantitative estimate of drug-likeness (QED) is 0.0176. The fourth-order valence-corrected chi connectivity index (χ4v) is 7.58. The van der Waals surface area contributed by atoms with E-state index in [4.69, 9.17) is 18.9 Å². The third-order valence-electron chi connectivity index (χ3n) is 11.0. The lowest BCUT2D eigenvalue weighted by Crippen LogP contribution is -2.56. The van der Waals surface area contributed by atoms with Crippen molar-refractivity contribution in [1.29, 1.82) is 0 Å². The molecule has 6 amide bonds. The summed E-state index contributed by atoms with van der Waals surface area (Å²) >= 11 is 3.09. The number of hydrogen-bond acceptors (Lipinski definition) is 11. The van der Waals surface area contributed by atoms with Gasteiger partial charge in [-0.25, -0.2) is 0 Å². The van der Waals surface area contributed by atoms with Gasteiger partial charge in [0.25, 0.3) is 5.91 Å². The maximum atomic E-state index is 13.1. The minimum absolute atomic E-state index is 0.0154. The molecule has 0 saturated carbocycles. The van der Waals surface area contributed by atoms with Gasteiger partial charge in [0.1, 0.15) is 18.2 Å². The molecule has 3 aliphatic rings. The normalized spacial score (nSPS) is 26.3. The van der Waals surface area contributed by atoms with Crippen molar-refractivity contribution in [2.24, 2.45) is 11.8 Å². The first kappa shape index (κ1) is 52.2. The van der Waals surface area contributed by atoms with Crippen molar-refractivity contribution >= 4 is 57.3 Å². The van der Waals surface area contributed by atoms with Crippen LogP contribution in [0.5, 0.6) is 0 Å². The molecule has 0 radical (unpaired) electrons. The number of halogens is 1. The zero-order valence-corrected chi connectivity index (χ0v) is 39.1. The molecule has 0 aromatic rings. The van der Waals surface area contributed by atoms with E-state index in [1.165, 1.54) is 19.9 Å². The third kappa shape index (κ3) is 19.1. The number of hydrazine groups is 1. The van der Waals surface area contributed by atoms with Crippen LogP contribution in [0.2, 0.25) is 0 Å². The number of ether oxygens (including phenoxy) is 4. The molecule has 0 aromatic carbocycles. The van der Waals surface area contributed by atoms with Crippen LogP contribution in [0.25, 0.3) is 0 Å². The summed E-state index contributed by atoms with van der Waals surface area (Å²) in [6.45, 7) is 15.2. The van der Waals surface area contributed by atoms with Gasteiger partial charge in [0.05, 0.1) is 54.4 Å². The molecule has 1 spiro atoms. The van der Waals surface area contributed by atoms with E-state index in [1.54, 1.807) is 26.8 Å². The van der Waals surface area contributed by atoms with Crippen molar-refractivity contribution in [3.8, 4) is 0 Å². The summed E-state index contributed by atoms with van der Waals surface area (Å²) < 4.78 is 23.4. The van der Waals surface area contributed by atoms with Crippen molar-refractivity contribution < 1.29 is 52.5 Å². The third-order valence-corrected chi connectivity index (χ3v) is 11.5. The monoisotopic (exact) mass is 936 g/mol. The van der Waals surface area contributed by atoms with Crippen LogP contribution in [0.3, 0.4) is 0 Å². The van der Waals surface area contributed by atoms with Crippen molar-refractivity contribution in [3.63, 3.8) is 0 Å². The predicted octanol–water partition coefficient (Wildman–Crippen LogP) is 3.26. The van der Waals surface area contributed by atoms with E-state index in [1.807, 2.05) is 26.0 Å². The van der Waals surface area contributed by atoms with E-state index in [-0.39, 0.29) is 77.7 Å². The molecule has 348 valence electrons. The van der Waals surface area contributed by atoms with Gasteiger partial charge in [0.15, 0.2) is 0 Å². The summed E-state index contributed by atoms with van der Waals surface area (Å²) in [5, 5.41) is 11.4. The summed E-state index contributed by atoms with van der Waals surface area (Å²) in [7, 11) is 0. The smallest absolute Gasteiger partial charge is 0.303 e. The van der Waals surface area contributed by atoms with Crippen molar-refractivity contribution in [2.45, 2.75) is 167 Å². The zero-order chi connectivity index (χ0) is 46.0. The first-order valence-electron chi connectivity index (χ1n) is 21.8. The van der Waals surface area contributed by atoms with Crippen LogP contribution in [0.15, 0.2) is 36.0 Å². The number of carbonyl (C=O) groups is 7. The zero-order valence-electron chi connectivity index (χ0n) is 37.5. The average molecular weight is 938 g/mol. The number of rotatable bonds is 22. The van der Waals surface area contributed by atoms with Crippen LogP contribution in [-0.2, 0) is 52.5 Å². The van der Waals surface area contributed by atoms with Gasteiger partial charge < -0.3 is 40.2 Å². The fourth-order valence-electron chi connectivity index (χ4n) is 7.39. The summed E-state index contributed by atoms with van der Waals surface area (Å²) in [6.07, 6.45) is 12.5. The Morgan fingerprint density at radius 1 is 0.871 bits per heavy atom. The average Bonchev–Trinajstić information content (AvgIpc) is 3.95. The molecule has 3 aliphatic heterocycles. The number of allylic oxidation sites excluding steroid dienone is 2. The topological polar surface area (TPSA) is 232 Å². The molecular weight excluding hydrogens is 868 g/mol. The number of amides is 6. The highest BCUT2D eigenvalue weighted by Gasteiger charge is 2.51. The van der Waals surface area contributed by atoms with E-state index in [2.05, 4.69) is 61.0 Å². The molecule has 10 atom stereocenters. The Kier molecular flexibility index (Phi) is 21.8. The van der Waals surface area contributed by atoms with Gasteiger partial charge in [-0.3, -0.25) is 44.4 Å². The summed E-state index contributed by atoms with van der Waals surface area (Å²) in [5.74, 6) is -2.72. The van der Waals surface area contributed by atoms with Crippen LogP contribution in [0.1, 0.15) is 113 Å². The van der Waals surface area contributed by atoms with Crippen LogP contribution in [-0.4, -0.2) is 114 Å². The highest BCUT2D eigenvalue weighted by atomic mass is 79.9. The summed E-state index contributed by atoms with van der Waals surface area (Å²) in [6, 6.07) is -2.02. The molecule has 0 bridgehead atoms. The van der Waals surface area contributed by atoms with Gasteiger partial charge >= 0.3 is 5.97 Å². The highest BCUT2D eigenvalue weighted by Crippen LogP contribution is 2.43. The Morgan fingerprint density at radius 2 is 1.60 bits per heavy atom. The van der Waals surface area contributed by atoms with E-state index in [0.29, 0.717) is 38.8 Å². The van der Waals surface area contributed by atoms with E-state index < -0.39 is 48.0 Å². The molecule has 3 heterocycles. The number of alkyl halides is 1. The van der Waals surface area contributed by atoms with E-state index >= 15 is 0 Å². The van der Waals surface area contributed by atoms with Gasteiger partial charge in [-0.2, -0.15) is 0 Å². The highest BCUT2D eigenvalue weighted by molar-refractivity contribution is 9.09. The molecule has 0 aromatic heterocycles. The lowest BCUT2D eigenvalue weighted by molar-refractivity contribution is -0.143. The largest absolute Gasteiger partial charge is 0.459 e. The molecule has 17 nitrogen and oxygen atoms in total. The number of hydrogen-bond donors (Lipinski definition) is 6. The number of unbranched alkanes of at least 4 members (excludes halogenated alkanes) is 2. The van der Waals surface area contributed by atoms with Crippen molar-refractivity contribution in [2.75, 3.05) is 18.5 Å². The Balaban J connectivity index is 1.41. The lowest BCUT2D eigenvalue weighted by Gasteiger charge is -2.39. The Bertz CT molecular complexity index is 1650. The van der Waals surface area contributed by atoms with Gasteiger partial charge in [-0.15, -0.1) is 0 Å². The maximum absolute atomic E-state index is 13.1. The number of epoxide rings is 1. The van der Waals surface area contributed by atoms with Crippen LogP contribution in [0.4, 0.5) is 0 Å². The molecule has 6 N–H and O–H groups in total. The summed E-state index contributed by atoms with van der Waals surface area (Å²) in [4.78, 5) is 86.3. The Morgan fingerprint density at radius 3 is 2.26 bits per heavy atom. The Labute approximate surface area is 374 Å². The molecule has 0 aliphatic carbocycles. The number of carbonyl (C=O) groups excluding carboxylic acids is 7. The molecule has 18 heteroatoms. The van der Waals surface area contributed by atoms with Gasteiger partial charge in [-0.05, 0) is 71.3 Å². The van der Waals surface area contributed by atoms with Crippen LogP contribution in [0, 0.1) is 11.8 Å². The predicted molar refractivity (Wildman–Crippen MR) is 235 cm³/mol. The minimum atomic E-state index is -1.00. The van der Waals surface area contributed by atoms with E-state index in [9.17, 15) is 33.6 Å². The number of nitrogens with one attached hydrogen (secondary N) is 6. The Hall–Kier alpha value is -4.13. The standard InChI is InChI=1S/C44H69BrN6O11/c1-26(2)41(49-37(53)12-10-9-11-19-46-40(56)24-45)43(58)47-30(6)42(57)51-50-39(55)21-34-23-44(25-59-44)22-33(62-34)16-13-27(3)14-17-36-28(4)20-35(31(7)61-36)48-38(54)18-15-29(5)60-32(8)52/h13-16,18,26,28-31,33-36,41H,9-12,17,19-25H2,1-8H3,(H,46,56)(H,47,58)(H,48,54)(H,49,53)(H,50,55)(H,51,57). The molecule has 10 unspecified atom stereocenters. The fraction of sp³-hybridized carbons (Fsp3) is 0.705. The van der Waals surface area contributed by atoms with Crippen LogP contribution < -0.4 is 32.1 Å².